The van der Waals surface area contributed by atoms with Gasteiger partial charge in [0.05, 0.1) is 19.3 Å². The number of H-pyrrole nitrogens is 1. The Morgan fingerprint density at radius 1 is 1.24 bits per heavy atom. The van der Waals surface area contributed by atoms with Gasteiger partial charge in [0.1, 0.15) is 22.9 Å². The summed E-state index contributed by atoms with van der Waals surface area (Å²) in [4.78, 5) is 14.6. The second-order valence-electron chi connectivity index (χ2n) is 7.01. The van der Waals surface area contributed by atoms with Crippen molar-refractivity contribution in [3.05, 3.63) is 64.8 Å². The largest absolute Gasteiger partial charge is 0.507 e. The summed E-state index contributed by atoms with van der Waals surface area (Å²) in [5.74, 6) is 0.574. The number of amides is 1. The Hall–Kier alpha value is -3.32. The molecule has 7 nitrogen and oxygen atoms in total. The molecule has 0 aliphatic carbocycles. The molecule has 4 rings (SSSR count). The Balaban J connectivity index is 1.90. The van der Waals surface area contributed by atoms with Crippen LogP contribution < -0.4 is 4.74 Å². The first kappa shape index (κ1) is 19.0. The molecule has 0 spiro atoms. The zero-order chi connectivity index (χ0) is 20.5. The predicted octanol–water partition coefficient (Wildman–Crippen LogP) is 3.03. The first-order chi connectivity index (χ1) is 14.0. The van der Waals surface area contributed by atoms with Gasteiger partial charge in [-0.1, -0.05) is 23.8 Å². The van der Waals surface area contributed by atoms with Gasteiger partial charge in [0.15, 0.2) is 0 Å². The van der Waals surface area contributed by atoms with Gasteiger partial charge in [-0.05, 0) is 43.7 Å². The molecule has 3 N–H and O–H groups in total. The minimum absolute atomic E-state index is 0.0970. The fourth-order valence-electron chi connectivity index (χ4n) is 3.87. The van der Waals surface area contributed by atoms with E-state index in [1.807, 2.05) is 50.2 Å². The number of aromatic amines is 1. The number of rotatable bonds is 6. The summed E-state index contributed by atoms with van der Waals surface area (Å²) >= 11 is 0. The molecular formula is C22H23N3O4. The Labute approximate surface area is 168 Å². The fourth-order valence-corrected chi connectivity index (χ4v) is 3.87. The smallest absolute Gasteiger partial charge is 0.273 e. The maximum absolute atomic E-state index is 13.0. The van der Waals surface area contributed by atoms with Crippen LogP contribution in [0.4, 0.5) is 0 Å². The quantitative estimate of drug-likeness (QED) is 0.598. The molecule has 1 amide bonds. The van der Waals surface area contributed by atoms with Gasteiger partial charge in [0.25, 0.3) is 5.91 Å². The topological polar surface area (TPSA) is 98.7 Å². The molecule has 2 aromatic carbocycles. The highest BCUT2D eigenvalue weighted by atomic mass is 16.5. The third-order valence-electron chi connectivity index (χ3n) is 5.10. The van der Waals surface area contributed by atoms with Gasteiger partial charge < -0.3 is 19.8 Å². The number of β-amino-alcohol motifs (C(OH)–C–C–N with tert-alkyl or cyclic N) is 1. The molecule has 0 saturated carbocycles. The second kappa shape index (κ2) is 7.60. The molecule has 29 heavy (non-hydrogen) atoms. The highest BCUT2D eigenvalue weighted by Crippen LogP contribution is 2.44. The lowest BCUT2D eigenvalue weighted by molar-refractivity contribution is 0.0706. The fraction of sp³-hybridized carbons (Fsp3) is 0.273. The Bertz CT molecular complexity index is 1060. The molecule has 1 aliphatic heterocycles. The number of aliphatic hydroxyl groups excluding tert-OH is 1. The van der Waals surface area contributed by atoms with Gasteiger partial charge in [-0.15, -0.1) is 0 Å². The highest BCUT2D eigenvalue weighted by molar-refractivity contribution is 6.00. The van der Waals surface area contributed by atoms with Crippen LogP contribution in [0.25, 0.3) is 11.3 Å². The molecule has 0 saturated heterocycles. The van der Waals surface area contributed by atoms with Crippen molar-refractivity contribution in [1.29, 1.82) is 0 Å². The van der Waals surface area contributed by atoms with Gasteiger partial charge in [-0.2, -0.15) is 5.10 Å². The van der Waals surface area contributed by atoms with Crippen molar-refractivity contribution in [2.75, 3.05) is 19.8 Å². The molecule has 7 heteroatoms. The zero-order valence-electron chi connectivity index (χ0n) is 16.3. The van der Waals surface area contributed by atoms with Crippen LogP contribution in [0.1, 0.15) is 40.1 Å². The summed E-state index contributed by atoms with van der Waals surface area (Å²) in [5, 5.41) is 27.2. The number of carbonyl (C=O) groups is 1. The number of nitrogens with one attached hydrogen (secondary N) is 1. The number of ether oxygens (including phenoxy) is 1. The number of phenolic OH excluding ortho intramolecular Hbond substituents is 1. The van der Waals surface area contributed by atoms with Crippen LogP contribution in [0.5, 0.6) is 11.5 Å². The lowest BCUT2D eigenvalue weighted by atomic mass is 9.95. The maximum atomic E-state index is 13.0. The van der Waals surface area contributed by atoms with Gasteiger partial charge in [0, 0.05) is 17.7 Å². The van der Waals surface area contributed by atoms with Crippen molar-refractivity contribution in [1.82, 2.24) is 15.1 Å². The Kier molecular flexibility index (Phi) is 4.98. The number of nitrogens with zero attached hydrogens (tertiary/aromatic N) is 2. The van der Waals surface area contributed by atoms with E-state index in [9.17, 15) is 15.0 Å². The number of aromatic hydroxyl groups is 1. The molecule has 150 valence electrons. The number of carbonyl (C=O) groups excluding carboxylic acids is 1. The highest BCUT2D eigenvalue weighted by Gasteiger charge is 2.42. The van der Waals surface area contributed by atoms with E-state index in [1.165, 1.54) is 0 Å². The number of phenols is 1. The van der Waals surface area contributed by atoms with Crippen molar-refractivity contribution in [2.45, 2.75) is 19.9 Å². The number of aliphatic hydroxyl groups is 1. The average Bonchev–Trinajstić information content (AvgIpc) is 3.24. The zero-order valence-corrected chi connectivity index (χ0v) is 16.3. The van der Waals surface area contributed by atoms with Crippen LogP contribution in [-0.2, 0) is 0 Å². The van der Waals surface area contributed by atoms with E-state index in [2.05, 4.69) is 10.2 Å². The monoisotopic (exact) mass is 393 g/mol. The molecule has 3 aromatic rings. The summed E-state index contributed by atoms with van der Waals surface area (Å²) in [7, 11) is 0. The van der Waals surface area contributed by atoms with E-state index >= 15 is 0 Å². The van der Waals surface area contributed by atoms with E-state index in [0.29, 0.717) is 34.9 Å². The van der Waals surface area contributed by atoms with Gasteiger partial charge in [-0.3, -0.25) is 9.89 Å². The van der Waals surface area contributed by atoms with E-state index in [4.69, 9.17) is 4.74 Å². The number of aryl methyl sites for hydroxylation is 1. The Morgan fingerprint density at radius 2 is 2.07 bits per heavy atom. The van der Waals surface area contributed by atoms with Crippen molar-refractivity contribution in [2.24, 2.45) is 0 Å². The second-order valence-corrected chi connectivity index (χ2v) is 7.01. The summed E-state index contributed by atoms with van der Waals surface area (Å²) < 4.78 is 5.63. The molecule has 1 aromatic heterocycles. The lowest BCUT2D eigenvalue weighted by Gasteiger charge is -2.26. The van der Waals surface area contributed by atoms with Crippen LogP contribution in [0, 0.1) is 6.92 Å². The van der Waals surface area contributed by atoms with Gasteiger partial charge in [-0.25, -0.2) is 0 Å². The summed E-state index contributed by atoms with van der Waals surface area (Å²) in [6.45, 7) is 4.41. The number of fused-ring (bicyclic) bond motifs is 1. The number of hydrogen-bond acceptors (Lipinski definition) is 5. The van der Waals surface area contributed by atoms with Crippen molar-refractivity contribution < 1.29 is 19.7 Å². The van der Waals surface area contributed by atoms with E-state index in [1.54, 1.807) is 11.0 Å². The standard InChI is InChI=1S/C22H23N3O4/c1-3-29-15-6-4-5-14(12-15)21-18-19(16-11-13(2)7-8-17(16)27)23-24-20(18)22(28)25(21)9-10-26/h4-8,11-12,21,26-27H,3,9-10H2,1-2H3,(H,23,24)/t21-/m1/s1. The molecule has 0 unspecified atom stereocenters. The van der Waals surface area contributed by atoms with Crippen LogP contribution >= 0.6 is 0 Å². The summed E-state index contributed by atoms with van der Waals surface area (Å²) in [6.07, 6.45) is 0. The minimum Gasteiger partial charge on any atom is -0.507 e. The van der Waals surface area contributed by atoms with Crippen LogP contribution in [0.3, 0.4) is 0 Å². The van der Waals surface area contributed by atoms with Crippen molar-refractivity contribution >= 4 is 5.91 Å². The first-order valence-corrected chi connectivity index (χ1v) is 9.58. The first-order valence-electron chi connectivity index (χ1n) is 9.58. The molecule has 1 aliphatic rings. The maximum Gasteiger partial charge on any atom is 0.273 e. The van der Waals surface area contributed by atoms with Crippen LogP contribution in [-0.4, -0.2) is 51.0 Å². The number of benzene rings is 2. The number of aromatic nitrogens is 2. The summed E-state index contributed by atoms with van der Waals surface area (Å²) in [6, 6.07) is 12.4. The number of hydrogen-bond donors (Lipinski definition) is 3. The lowest BCUT2D eigenvalue weighted by Crippen LogP contribution is -2.32. The predicted molar refractivity (Wildman–Crippen MR) is 108 cm³/mol. The molecule has 2 heterocycles. The molecule has 1 atom stereocenters. The third-order valence-corrected chi connectivity index (χ3v) is 5.10. The Morgan fingerprint density at radius 3 is 2.83 bits per heavy atom. The third kappa shape index (κ3) is 3.23. The van der Waals surface area contributed by atoms with Crippen LogP contribution in [0.2, 0.25) is 0 Å². The molecule has 0 fully saturated rings. The van der Waals surface area contributed by atoms with E-state index in [0.717, 1.165) is 11.1 Å². The van der Waals surface area contributed by atoms with Crippen molar-refractivity contribution in [3.8, 4) is 22.8 Å². The summed E-state index contributed by atoms with van der Waals surface area (Å²) in [5.41, 5.74) is 3.99. The van der Waals surface area contributed by atoms with Gasteiger partial charge >= 0.3 is 0 Å². The van der Waals surface area contributed by atoms with Gasteiger partial charge in [0.2, 0.25) is 0 Å². The molecule has 0 bridgehead atoms. The molecule has 0 radical (unpaired) electrons. The SMILES string of the molecule is CCOc1cccc([C@@H]2c3c(-c4cc(C)ccc4O)n[nH]c3C(=O)N2CCO)c1. The van der Waals surface area contributed by atoms with Crippen LogP contribution in [0.15, 0.2) is 42.5 Å². The van der Waals surface area contributed by atoms with E-state index in [-0.39, 0.29) is 24.8 Å². The van der Waals surface area contributed by atoms with Crippen molar-refractivity contribution in [3.63, 3.8) is 0 Å². The average molecular weight is 393 g/mol. The van der Waals surface area contributed by atoms with E-state index < -0.39 is 6.04 Å². The normalized spacial score (nSPS) is 15.6. The minimum atomic E-state index is -0.446. The molecular weight excluding hydrogens is 370 g/mol.